The normalized spacial score (nSPS) is 11.5. The van der Waals surface area contributed by atoms with E-state index in [9.17, 15) is 4.79 Å². The van der Waals surface area contributed by atoms with Crippen LogP contribution in [-0.4, -0.2) is 26.3 Å². The second-order valence-electron chi connectivity index (χ2n) is 4.63. The van der Waals surface area contributed by atoms with Gasteiger partial charge in [-0.2, -0.15) is 0 Å². The summed E-state index contributed by atoms with van der Waals surface area (Å²) in [6.07, 6.45) is -0.786. The highest BCUT2D eigenvalue weighted by Crippen LogP contribution is 2.37. The summed E-state index contributed by atoms with van der Waals surface area (Å²) in [5, 5.41) is 0. The standard InChI is InChI=1S/C17H17BrO5/c1-11(22-13-9-7-12(18)8-10-13)17(19)23-16-14(20-2)5-4-6-15(16)21-3/h4-11H,1-3H3/t11-/m1/s1. The second kappa shape index (κ2) is 7.87. The van der Waals surface area contributed by atoms with Gasteiger partial charge in [-0.05, 0) is 43.3 Å². The van der Waals surface area contributed by atoms with Gasteiger partial charge in [0.25, 0.3) is 0 Å². The minimum absolute atomic E-state index is 0.230. The summed E-state index contributed by atoms with van der Waals surface area (Å²) < 4.78 is 22.3. The van der Waals surface area contributed by atoms with Crippen molar-refractivity contribution < 1.29 is 23.7 Å². The number of para-hydroxylation sites is 1. The molecular formula is C17H17BrO5. The van der Waals surface area contributed by atoms with Crippen LogP contribution >= 0.6 is 15.9 Å². The van der Waals surface area contributed by atoms with E-state index < -0.39 is 12.1 Å². The van der Waals surface area contributed by atoms with Gasteiger partial charge in [-0.15, -0.1) is 0 Å². The van der Waals surface area contributed by atoms with E-state index in [-0.39, 0.29) is 5.75 Å². The van der Waals surface area contributed by atoms with Crippen molar-refractivity contribution in [1.29, 1.82) is 0 Å². The van der Waals surface area contributed by atoms with E-state index in [2.05, 4.69) is 15.9 Å². The van der Waals surface area contributed by atoms with Crippen molar-refractivity contribution in [2.24, 2.45) is 0 Å². The molecule has 1 atom stereocenters. The van der Waals surface area contributed by atoms with Crippen LogP contribution in [0.1, 0.15) is 6.92 Å². The molecule has 122 valence electrons. The van der Waals surface area contributed by atoms with E-state index >= 15 is 0 Å². The van der Waals surface area contributed by atoms with Crippen molar-refractivity contribution in [1.82, 2.24) is 0 Å². The van der Waals surface area contributed by atoms with Crippen molar-refractivity contribution >= 4 is 21.9 Å². The monoisotopic (exact) mass is 380 g/mol. The molecule has 0 amide bonds. The first kappa shape index (κ1) is 17.1. The predicted molar refractivity (Wildman–Crippen MR) is 89.4 cm³/mol. The smallest absolute Gasteiger partial charge is 0.352 e. The van der Waals surface area contributed by atoms with E-state index in [0.717, 1.165) is 4.47 Å². The molecule has 6 heteroatoms. The molecule has 0 saturated carbocycles. The molecule has 2 rings (SSSR count). The fourth-order valence-corrected chi connectivity index (χ4v) is 2.13. The number of halogens is 1. The molecule has 0 fully saturated rings. The first-order chi connectivity index (χ1) is 11.0. The number of hydrogen-bond acceptors (Lipinski definition) is 5. The molecule has 0 radical (unpaired) electrons. The van der Waals surface area contributed by atoms with Crippen molar-refractivity contribution in [3.05, 3.63) is 46.9 Å². The SMILES string of the molecule is COc1cccc(OC)c1OC(=O)[C@@H](C)Oc1ccc(Br)cc1. The third-order valence-corrected chi connectivity index (χ3v) is 3.57. The van der Waals surface area contributed by atoms with Gasteiger partial charge in [-0.25, -0.2) is 4.79 Å². The first-order valence-electron chi connectivity index (χ1n) is 6.90. The number of benzene rings is 2. The fraction of sp³-hybridized carbons (Fsp3) is 0.235. The van der Waals surface area contributed by atoms with Gasteiger partial charge in [-0.1, -0.05) is 22.0 Å². The van der Waals surface area contributed by atoms with Gasteiger partial charge in [0, 0.05) is 4.47 Å². The summed E-state index contributed by atoms with van der Waals surface area (Å²) in [4.78, 5) is 12.3. The zero-order valence-electron chi connectivity index (χ0n) is 13.0. The molecule has 0 spiro atoms. The van der Waals surface area contributed by atoms with Crippen LogP contribution in [0.15, 0.2) is 46.9 Å². The molecule has 0 aliphatic rings. The molecular weight excluding hydrogens is 364 g/mol. The Kier molecular flexibility index (Phi) is 5.87. The lowest BCUT2D eigenvalue weighted by Gasteiger charge is -2.16. The molecule has 0 aromatic heterocycles. The number of esters is 1. The quantitative estimate of drug-likeness (QED) is 0.562. The Balaban J connectivity index is 2.10. The second-order valence-corrected chi connectivity index (χ2v) is 5.54. The summed E-state index contributed by atoms with van der Waals surface area (Å²) in [6, 6.07) is 12.3. The number of ether oxygens (including phenoxy) is 4. The highest BCUT2D eigenvalue weighted by atomic mass is 79.9. The lowest BCUT2D eigenvalue weighted by molar-refractivity contribution is -0.141. The number of hydrogen-bond donors (Lipinski definition) is 0. The van der Waals surface area contributed by atoms with Crippen molar-refractivity contribution in [2.75, 3.05) is 14.2 Å². The summed E-state index contributed by atoms with van der Waals surface area (Å²) >= 11 is 3.34. The van der Waals surface area contributed by atoms with Crippen molar-refractivity contribution in [3.8, 4) is 23.0 Å². The summed E-state index contributed by atoms with van der Waals surface area (Å²) in [7, 11) is 2.99. The van der Waals surface area contributed by atoms with Crippen LogP contribution in [-0.2, 0) is 4.79 Å². The van der Waals surface area contributed by atoms with Gasteiger partial charge in [0.15, 0.2) is 17.6 Å². The molecule has 0 aliphatic heterocycles. The Bertz CT molecular complexity index is 647. The Morgan fingerprint density at radius 1 is 1.00 bits per heavy atom. The van der Waals surface area contributed by atoms with Crippen LogP contribution in [0.2, 0.25) is 0 Å². The van der Waals surface area contributed by atoms with Gasteiger partial charge in [0.05, 0.1) is 14.2 Å². The number of methoxy groups -OCH3 is 2. The van der Waals surface area contributed by atoms with Gasteiger partial charge in [0.1, 0.15) is 5.75 Å². The van der Waals surface area contributed by atoms with Gasteiger partial charge >= 0.3 is 5.97 Å². The highest BCUT2D eigenvalue weighted by molar-refractivity contribution is 9.10. The highest BCUT2D eigenvalue weighted by Gasteiger charge is 2.21. The van der Waals surface area contributed by atoms with Crippen molar-refractivity contribution in [2.45, 2.75) is 13.0 Å². The average molecular weight is 381 g/mol. The van der Waals surface area contributed by atoms with Crippen LogP contribution < -0.4 is 18.9 Å². The fourth-order valence-electron chi connectivity index (χ4n) is 1.87. The van der Waals surface area contributed by atoms with E-state index in [1.807, 2.05) is 12.1 Å². The van der Waals surface area contributed by atoms with E-state index in [0.29, 0.717) is 17.2 Å². The number of rotatable bonds is 6. The maximum absolute atomic E-state index is 12.3. The number of carbonyl (C=O) groups excluding carboxylic acids is 1. The maximum atomic E-state index is 12.3. The third-order valence-electron chi connectivity index (χ3n) is 3.04. The molecule has 0 bridgehead atoms. The molecule has 0 heterocycles. The Hall–Kier alpha value is -2.21. The maximum Gasteiger partial charge on any atom is 0.352 e. The van der Waals surface area contributed by atoms with Crippen LogP contribution in [0, 0.1) is 0 Å². The molecule has 0 saturated heterocycles. The van der Waals surface area contributed by atoms with Crippen LogP contribution in [0.5, 0.6) is 23.0 Å². The Morgan fingerprint density at radius 3 is 2.09 bits per heavy atom. The largest absolute Gasteiger partial charge is 0.493 e. The Morgan fingerprint density at radius 2 is 1.57 bits per heavy atom. The third kappa shape index (κ3) is 4.39. The molecule has 23 heavy (non-hydrogen) atoms. The van der Waals surface area contributed by atoms with E-state index in [1.165, 1.54) is 14.2 Å². The minimum atomic E-state index is -0.786. The first-order valence-corrected chi connectivity index (χ1v) is 7.69. The predicted octanol–water partition coefficient (Wildman–Crippen LogP) is 3.84. The van der Waals surface area contributed by atoms with Crippen LogP contribution in [0.4, 0.5) is 0 Å². The molecule has 2 aromatic rings. The lowest BCUT2D eigenvalue weighted by Crippen LogP contribution is -2.28. The Labute approximate surface area is 143 Å². The zero-order chi connectivity index (χ0) is 16.8. The minimum Gasteiger partial charge on any atom is -0.493 e. The molecule has 0 N–H and O–H groups in total. The van der Waals surface area contributed by atoms with Gasteiger partial charge in [0.2, 0.25) is 5.75 Å². The number of carbonyl (C=O) groups is 1. The average Bonchev–Trinajstić information content (AvgIpc) is 2.56. The molecule has 0 unspecified atom stereocenters. The lowest BCUT2D eigenvalue weighted by atomic mass is 10.3. The summed E-state index contributed by atoms with van der Waals surface area (Å²) in [5.41, 5.74) is 0. The molecule has 2 aromatic carbocycles. The summed E-state index contributed by atoms with van der Waals surface area (Å²) in [5.74, 6) is 1.08. The van der Waals surface area contributed by atoms with Crippen LogP contribution in [0.3, 0.4) is 0 Å². The van der Waals surface area contributed by atoms with Crippen molar-refractivity contribution in [3.63, 3.8) is 0 Å². The van der Waals surface area contributed by atoms with E-state index in [4.69, 9.17) is 18.9 Å². The molecule has 5 nitrogen and oxygen atoms in total. The van der Waals surface area contributed by atoms with E-state index in [1.54, 1.807) is 37.3 Å². The zero-order valence-corrected chi connectivity index (χ0v) is 14.6. The van der Waals surface area contributed by atoms with Crippen LogP contribution in [0.25, 0.3) is 0 Å². The topological polar surface area (TPSA) is 54.0 Å². The van der Waals surface area contributed by atoms with Gasteiger partial charge < -0.3 is 18.9 Å². The molecule has 0 aliphatic carbocycles. The summed E-state index contributed by atoms with van der Waals surface area (Å²) in [6.45, 7) is 1.62. The van der Waals surface area contributed by atoms with Gasteiger partial charge in [-0.3, -0.25) is 0 Å².